The Labute approximate surface area is 171 Å². The molecule has 0 spiro atoms. The lowest BCUT2D eigenvalue weighted by Crippen LogP contribution is -2.14. The first-order valence-corrected chi connectivity index (χ1v) is 10.1. The number of thioether (sulfide) groups is 1. The number of carbonyl (C=O) groups is 2. The van der Waals surface area contributed by atoms with E-state index in [1.54, 1.807) is 48.2 Å². The number of carbonyl (C=O) groups excluding carboxylic acids is 2. The van der Waals surface area contributed by atoms with Gasteiger partial charge >= 0.3 is 5.97 Å². The van der Waals surface area contributed by atoms with Crippen molar-refractivity contribution in [3.63, 3.8) is 0 Å². The van der Waals surface area contributed by atoms with Crippen LogP contribution < -0.4 is 0 Å². The lowest BCUT2D eigenvalue weighted by atomic mass is 10.1. The van der Waals surface area contributed by atoms with E-state index in [0.29, 0.717) is 22.3 Å². The molecule has 0 aliphatic heterocycles. The molecule has 0 fully saturated rings. The molecule has 0 aliphatic carbocycles. The van der Waals surface area contributed by atoms with E-state index in [1.165, 1.54) is 0 Å². The van der Waals surface area contributed by atoms with E-state index in [9.17, 15) is 9.59 Å². The molecule has 2 aromatic carbocycles. The van der Waals surface area contributed by atoms with Crippen LogP contribution in [0.3, 0.4) is 0 Å². The predicted octanol–water partition coefficient (Wildman–Crippen LogP) is 4.47. The fourth-order valence-electron chi connectivity index (χ4n) is 2.36. The molecule has 1 heterocycles. The molecule has 0 atom stereocenters. The molecule has 3 aromatic rings. The van der Waals surface area contributed by atoms with Crippen molar-refractivity contribution in [1.82, 2.24) is 10.1 Å². The Morgan fingerprint density at radius 1 is 1.11 bits per heavy atom. The zero-order valence-corrected chi connectivity index (χ0v) is 16.6. The molecule has 28 heavy (non-hydrogen) atoms. The Kier molecular flexibility index (Phi) is 6.84. The fraction of sp³-hybridized carbons (Fsp3) is 0.200. The molecule has 0 unspecified atom stereocenters. The Bertz CT molecular complexity index is 955. The van der Waals surface area contributed by atoms with Gasteiger partial charge in [0.25, 0.3) is 0 Å². The summed E-state index contributed by atoms with van der Waals surface area (Å²) in [5.41, 5.74) is 1.27. The summed E-state index contributed by atoms with van der Waals surface area (Å²) in [4.78, 5) is 29.3. The first-order valence-electron chi connectivity index (χ1n) is 8.46. The van der Waals surface area contributed by atoms with Crippen molar-refractivity contribution in [1.29, 1.82) is 0 Å². The average Bonchev–Trinajstić information content (AvgIpc) is 3.20. The second-order valence-corrected chi connectivity index (χ2v) is 7.15. The highest BCUT2D eigenvalue weighted by Crippen LogP contribution is 2.19. The number of ether oxygens (including phenoxy) is 1. The van der Waals surface area contributed by atoms with Gasteiger partial charge in [0.15, 0.2) is 12.4 Å². The summed E-state index contributed by atoms with van der Waals surface area (Å²) in [6.07, 6.45) is 2.23. The van der Waals surface area contributed by atoms with Gasteiger partial charge < -0.3 is 9.26 Å². The Morgan fingerprint density at radius 2 is 1.82 bits per heavy atom. The number of halogens is 1. The lowest BCUT2D eigenvalue weighted by Gasteiger charge is -2.04. The third-order valence-electron chi connectivity index (χ3n) is 3.89. The van der Waals surface area contributed by atoms with Gasteiger partial charge in [-0.2, -0.15) is 4.98 Å². The van der Waals surface area contributed by atoms with E-state index < -0.39 is 5.97 Å². The van der Waals surface area contributed by atoms with Crippen LogP contribution in [-0.2, 0) is 16.0 Å². The number of rotatable bonds is 8. The van der Waals surface area contributed by atoms with E-state index in [4.69, 9.17) is 20.9 Å². The topological polar surface area (TPSA) is 82.3 Å². The molecule has 6 nitrogen and oxygen atoms in total. The van der Waals surface area contributed by atoms with Gasteiger partial charge in [-0.1, -0.05) is 28.9 Å². The maximum absolute atomic E-state index is 12.1. The number of hydrogen-bond acceptors (Lipinski definition) is 7. The Hall–Kier alpha value is -2.64. The number of aryl methyl sites for hydroxylation is 1. The zero-order valence-electron chi connectivity index (χ0n) is 15.1. The van der Waals surface area contributed by atoms with Gasteiger partial charge in [-0.15, -0.1) is 11.8 Å². The van der Waals surface area contributed by atoms with Crippen LogP contribution in [0.2, 0.25) is 5.02 Å². The third-order valence-corrected chi connectivity index (χ3v) is 4.89. The lowest BCUT2D eigenvalue weighted by molar-refractivity contribution is -0.142. The molecule has 8 heteroatoms. The molecule has 1 aromatic heterocycles. The van der Waals surface area contributed by atoms with Gasteiger partial charge in [-0.25, -0.2) is 0 Å². The van der Waals surface area contributed by atoms with Crippen LogP contribution in [0.15, 0.2) is 57.9 Å². The highest BCUT2D eigenvalue weighted by molar-refractivity contribution is 7.98. The minimum absolute atomic E-state index is 0.0426. The minimum atomic E-state index is -0.500. The molecule has 0 N–H and O–H groups in total. The van der Waals surface area contributed by atoms with Gasteiger partial charge in [0.2, 0.25) is 11.7 Å². The minimum Gasteiger partial charge on any atom is -0.457 e. The standard InChI is InChI=1S/C20H17ClN2O4S/c1-28-16-8-4-13(5-9-16)17(24)12-26-19(25)11-10-18-22-20(23-27-18)14-2-6-15(21)7-3-14/h2-9H,10-12H2,1H3. The maximum Gasteiger partial charge on any atom is 0.306 e. The molecule has 0 aliphatic rings. The van der Waals surface area contributed by atoms with Crippen LogP contribution in [0.25, 0.3) is 11.4 Å². The van der Waals surface area contributed by atoms with Gasteiger partial charge in [-0.05, 0) is 42.7 Å². The normalized spacial score (nSPS) is 10.6. The number of ketones is 1. The van der Waals surface area contributed by atoms with E-state index in [1.807, 2.05) is 18.4 Å². The quantitative estimate of drug-likeness (QED) is 0.304. The molecular formula is C20H17ClN2O4S. The van der Waals surface area contributed by atoms with Crippen LogP contribution in [0, 0.1) is 0 Å². The first kappa shape index (κ1) is 20.1. The second-order valence-electron chi connectivity index (χ2n) is 5.83. The third kappa shape index (κ3) is 5.43. The number of benzene rings is 2. The molecular weight excluding hydrogens is 400 g/mol. The number of esters is 1. The molecule has 0 radical (unpaired) electrons. The number of hydrogen-bond donors (Lipinski definition) is 0. The summed E-state index contributed by atoms with van der Waals surface area (Å²) >= 11 is 7.44. The molecule has 0 saturated heterocycles. The summed E-state index contributed by atoms with van der Waals surface area (Å²) in [7, 11) is 0. The van der Waals surface area contributed by atoms with Gasteiger partial charge in [-0.3, -0.25) is 9.59 Å². The molecule has 0 bridgehead atoms. The molecule has 0 amide bonds. The van der Waals surface area contributed by atoms with Crippen LogP contribution in [0.1, 0.15) is 22.7 Å². The monoisotopic (exact) mass is 416 g/mol. The molecule has 3 rings (SSSR count). The van der Waals surface area contributed by atoms with Crippen LogP contribution >= 0.6 is 23.4 Å². The summed E-state index contributed by atoms with van der Waals surface area (Å²) in [5.74, 6) is -0.00562. The number of aromatic nitrogens is 2. The zero-order chi connectivity index (χ0) is 19.9. The SMILES string of the molecule is CSc1ccc(C(=O)COC(=O)CCc2nc(-c3ccc(Cl)cc3)no2)cc1. The highest BCUT2D eigenvalue weighted by Gasteiger charge is 2.13. The average molecular weight is 417 g/mol. The maximum atomic E-state index is 12.1. The number of nitrogens with zero attached hydrogens (tertiary/aromatic N) is 2. The van der Waals surface area contributed by atoms with E-state index in [0.717, 1.165) is 10.5 Å². The van der Waals surface area contributed by atoms with E-state index in [-0.39, 0.29) is 25.2 Å². The van der Waals surface area contributed by atoms with Gasteiger partial charge in [0.05, 0.1) is 6.42 Å². The summed E-state index contributed by atoms with van der Waals surface area (Å²) in [6.45, 7) is -0.294. The summed E-state index contributed by atoms with van der Waals surface area (Å²) in [5, 5.41) is 4.50. The predicted molar refractivity (Wildman–Crippen MR) is 107 cm³/mol. The van der Waals surface area contributed by atoms with Crippen molar-refractivity contribution >= 4 is 35.1 Å². The highest BCUT2D eigenvalue weighted by atomic mass is 35.5. The largest absolute Gasteiger partial charge is 0.457 e. The van der Waals surface area contributed by atoms with E-state index >= 15 is 0 Å². The van der Waals surface area contributed by atoms with Crippen molar-refractivity contribution in [2.75, 3.05) is 12.9 Å². The van der Waals surface area contributed by atoms with Crippen molar-refractivity contribution in [2.45, 2.75) is 17.7 Å². The Morgan fingerprint density at radius 3 is 2.50 bits per heavy atom. The number of Topliss-reactive ketones (excluding diaryl/α,β-unsaturated/α-hetero) is 1. The van der Waals surface area contributed by atoms with Gasteiger partial charge in [0, 0.05) is 27.5 Å². The summed E-state index contributed by atoms with van der Waals surface area (Å²) in [6, 6.07) is 14.2. The van der Waals surface area contributed by atoms with Crippen molar-refractivity contribution in [3.8, 4) is 11.4 Å². The fourth-order valence-corrected chi connectivity index (χ4v) is 2.89. The van der Waals surface area contributed by atoms with Crippen LogP contribution in [0.5, 0.6) is 0 Å². The Balaban J connectivity index is 1.46. The smallest absolute Gasteiger partial charge is 0.306 e. The first-order chi connectivity index (χ1) is 13.5. The van der Waals surface area contributed by atoms with Crippen LogP contribution in [0.4, 0.5) is 0 Å². The van der Waals surface area contributed by atoms with Gasteiger partial charge in [0.1, 0.15) is 0 Å². The molecule has 144 valence electrons. The molecule has 0 saturated carbocycles. The van der Waals surface area contributed by atoms with Crippen molar-refractivity contribution in [2.24, 2.45) is 0 Å². The second kappa shape index (κ2) is 9.52. The van der Waals surface area contributed by atoms with E-state index in [2.05, 4.69) is 10.1 Å². The van der Waals surface area contributed by atoms with Crippen molar-refractivity contribution < 1.29 is 18.8 Å². The summed E-state index contributed by atoms with van der Waals surface area (Å²) < 4.78 is 10.2. The van der Waals surface area contributed by atoms with Crippen LogP contribution in [-0.4, -0.2) is 34.8 Å². The van der Waals surface area contributed by atoms with Crippen molar-refractivity contribution in [3.05, 3.63) is 65.0 Å².